The molecule has 0 aliphatic carbocycles. The van der Waals surface area contributed by atoms with Gasteiger partial charge in [-0.05, 0) is 36.2 Å². The molecule has 2 aromatic rings. The Kier molecular flexibility index (Phi) is 3.80. The maximum atomic E-state index is 13.8. The third-order valence-corrected chi connectivity index (χ3v) is 2.85. The van der Waals surface area contributed by atoms with Gasteiger partial charge in [-0.25, -0.2) is 9.18 Å². The van der Waals surface area contributed by atoms with Gasteiger partial charge in [0.1, 0.15) is 5.82 Å². The summed E-state index contributed by atoms with van der Waals surface area (Å²) in [5.41, 5.74) is 1.68. The van der Waals surface area contributed by atoms with Gasteiger partial charge in [-0.2, -0.15) is 0 Å². The van der Waals surface area contributed by atoms with Crippen LogP contribution < -0.4 is 5.32 Å². The zero-order valence-electron chi connectivity index (χ0n) is 10.5. The second-order valence-corrected chi connectivity index (χ2v) is 4.15. The molecule has 0 saturated heterocycles. The quantitative estimate of drug-likeness (QED) is 0.877. The lowest BCUT2D eigenvalue weighted by Gasteiger charge is -2.11. The van der Waals surface area contributed by atoms with Crippen LogP contribution in [-0.2, 0) is 6.42 Å². The normalized spacial score (nSPS) is 10.2. The number of para-hydroxylation sites is 1. The molecule has 4 heteroatoms. The summed E-state index contributed by atoms with van der Waals surface area (Å²) in [5.74, 6) is -1.74. The first-order chi connectivity index (χ1) is 9.11. The number of nitrogens with one attached hydrogen (secondary N) is 1. The van der Waals surface area contributed by atoms with Crippen LogP contribution in [0.4, 0.5) is 15.8 Å². The molecule has 0 amide bonds. The van der Waals surface area contributed by atoms with Crippen molar-refractivity contribution in [1.82, 2.24) is 0 Å². The van der Waals surface area contributed by atoms with Crippen LogP contribution in [0.5, 0.6) is 0 Å². The van der Waals surface area contributed by atoms with Gasteiger partial charge in [-0.3, -0.25) is 0 Å². The van der Waals surface area contributed by atoms with Crippen LogP contribution in [0.1, 0.15) is 22.8 Å². The number of aryl methyl sites for hydroxylation is 1. The Morgan fingerprint density at radius 1 is 1.26 bits per heavy atom. The third-order valence-electron chi connectivity index (χ3n) is 2.85. The van der Waals surface area contributed by atoms with Gasteiger partial charge >= 0.3 is 5.97 Å². The summed E-state index contributed by atoms with van der Waals surface area (Å²) in [4.78, 5) is 11.1. The van der Waals surface area contributed by atoms with Crippen molar-refractivity contribution in [2.75, 3.05) is 5.32 Å². The third kappa shape index (κ3) is 2.91. The second-order valence-electron chi connectivity index (χ2n) is 4.15. The summed E-state index contributed by atoms with van der Waals surface area (Å²) >= 11 is 0. The van der Waals surface area contributed by atoms with Crippen LogP contribution in [0.25, 0.3) is 0 Å². The highest BCUT2D eigenvalue weighted by molar-refractivity contribution is 5.95. The Balaban J connectivity index is 2.40. The van der Waals surface area contributed by atoms with Gasteiger partial charge in [0, 0.05) is 5.69 Å². The van der Waals surface area contributed by atoms with Crippen LogP contribution in [0.3, 0.4) is 0 Å². The first kappa shape index (κ1) is 13.1. The van der Waals surface area contributed by atoms with E-state index in [0.29, 0.717) is 5.69 Å². The van der Waals surface area contributed by atoms with Crippen molar-refractivity contribution in [1.29, 1.82) is 0 Å². The molecule has 0 aliphatic heterocycles. The van der Waals surface area contributed by atoms with E-state index < -0.39 is 11.8 Å². The molecule has 0 aromatic heterocycles. The molecule has 0 saturated carbocycles. The van der Waals surface area contributed by atoms with Crippen LogP contribution in [0.2, 0.25) is 0 Å². The molecule has 0 radical (unpaired) electrons. The lowest BCUT2D eigenvalue weighted by molar-refractivity contribution is 0.0697. The minimum absolute atomic E-state index is 0.0109. The van der Waals surface area contributed by atoms with E-state index in [0.717, 1.165) is 12.0 Å². The summed E-state index contributed by atoms with van der Waals surface area (Å²) < 4.78 is 13.8. The van der Waals surface area contributed by atoms with Crippen molar-refractivity contribution >= 4 is 17.3 Å². The molecule has 0 bridgehead atoms. The average Bonchev–Trinajstić information content (AvgIpc) is 2.41. The molecule has 0 heterocycles. The fraction of sp³-hybridized carbons (Fsp3) is 0.133. The molecule has 3 nitrogen and oxygen atoms in total. The first-order valence-corrected chi connectivity index (χ1v) is 5.99. The van der Waals surface area contributed by atoms with Gasteiger partial charge < -0.3 is 10.4 Å². The maximum absolute atomic E-state index is 13.8. The van der Waals surface area contributed by atoms with E-state index in [1.165, 1.54) is 18.2 Å². The van der Waals surface area contributed by atoms with E-state index in [-0.39, 0.29) is 11.3 Å². The molecular weight excluding hydrogens is 245 g/mol. The van der Waals surface area contributed by atoms with Crippen LogP contribution in [-0.4, -0.2) is 11.1 Å². The predicted molar refractivity (Wildman–Crippen MR) is 72.5 cm³/mol. The zero-order valence-corrected chi connectivity index (χ0v) is 10.5. The molecule has 0 fully saturated rings. The number of rotatable bonds is 4. The number of carbonyl (C=O) groups is 1. The summed E-state index contributed by atoms with van der Waals surface area (Å²) in [7, 11) is 0. The monoisotopic (exact) mass is 259 g/mol. The minimum atomic E-state index is -1.16. The van der Waals surface area contributed by atoms with E-state index in [1.807, 2.05) is 25.1 Å². The highest BCUT2D eigenvalue weighted by Gasteiger charge is 2.14. The number of hydrogen-bond donors (Lipinski definition) is 2. The summed E-state index contributed by atoms with van der Waals surface area (Å²) in [6.45, 7) is 2.02. The predicted octanol–water partition coefficient (Wildman–Crippen LogP) is 3.83. The smallest absolute Gasteiger partial charge is 0.337 e. The lowest BCUT2D eigenvalue weighted by Crippen LogP contribution is -2.05. The van der Waals surface area contributed by atoms with Gasteiger partial charge in [0.15, 0.2) is 0 Å². The van der Waals surface area contributed by atoms with Crippen molar-refractivity contribution in [2.24, 2.45) is 0 Å². The van der Waals surface area contributed by atoms with Gasteiger partial charge in [0.25, 0.3) is 0 Å². The Labute approximate surface area is 110 Å². The fourth-order valence-electron chi connectivity index (χ4n) is 1.84. The van der Waals surface area contributed by atoms with Crippen molar-refractivity contribution in [3.05, 3.63) is 59.4 Å². The molecule has 2 rings (SSSR count). The van der Waals surface area contributed by atoms with Gasteiger partial charge in [0.05, 0.1) is 11.3 Å². The number of carboxylic acid groups (broad SMARTS) is 1. The maximum Gasteiger partial charge on any atom is 0.337 e. The molecule has 0 atom stereocenters. The molecule has 0 aliphatic rings. The average molecular weight is 259 g/mol. The molecular formula is C15H14FNO2. The number of benzene rings is 2. The summed E-state index contributed by atoms with van der Waals surface area (Å²) in [6, 6.07) is 11.4. The largest absolute Gasteiger partial charge is 0.478 e. The Morgan fingerprint density at radius 3 is 2.68 bits per heavy atom. The van der Waals surface area contributed by atoms with E-state index in [4.69, 9.17) is 5.11 Å². The van der Waals surface area contributed by atoms with Crippen molar-refractivity contribution < 1.29 is 14.3 Å². The Morgan fingerprint density at radius 2 is 2.00 bits per heavy atom. The van der Waals surface area contributed by atoms with E-state index in [1.54, 1.807) is 6.07 Å². The van der Waals surface area contributed by atoms with E-state index in [2.05, 4.69) is 5.32 Å². The van der Waals surface area contributed by atoms with Crippen LogP contribution in [0, 0.1) is 5.82 Å². The summed E-state index contributed by atoms with van der Waals surface area (Å²) in [6.07, 6.45) is 0.860. The van der Waals surface area contributed by atoms with E-state index >= 15 is 0 Å². The SMILES string of the molecule is CCc1cccc(Nc2c(F)cccc2C(=O)O)c1. The zero-order chi connectivity index (χ0) is 13.8. The number of halogens is 1. The molecule has 0 spiro atoms. The van der Waals surface area contributed by atoms with Crippen LogP contribution in [0.15, 0.2) is 42.5 Å². The first-order valence-electron chi connectivity index (χ1n) is 5.99. The lowest BCUT2D eigenvalue weighted by atomic mass is 10.1. The van der Waals surface area contributed by atoms with Crippen molar-refractivity contribution in [2.45, 2.75) is 13.3 Å². The number of carboxylic acids is 1. The van der Waals surface area contributed by atoms with Gasteiger partial charge in [-0.1, -0.05) is 25.1 Å². The molecule has 2 aromatic carbocycles. The Hall–Kier alpha value is -2.36. The number of aromatic carboxylic acids is 1. The summed E-state index contributed by atoms with van der Waals surface area (Å²) in [5, 5.41) is 11.9. The van der Waals surface area contributed by atoms with E-state index in [9.17, 15) is 9.18 Å². The topological polar surface area (TPSA) is 49.3 Å². The van der Waals surface area contributed by atoms with Crippen molar-refractivity contribution in [3.8, 4) is 0 Å². The highest BCUT2D eigenvalue weighted by Crippen LogP contribution is 2.25. The van der Waals surface area contributed by atoms with Crippen LogP contribution >= 0.6 is 0 Å². The van der Waals surface area contributed by atoms with Gasteiger partial charge in [-0.15, -0.1) is 0 Å². The second kappa shape index (κ2) is 5.52. The van der Waals surface area contributed by atoms with Gasteiger partial charge in [0.2, 0.25) is 0 Å². The molecule has 2 N–H and O–H groups in total. The van der Waals surface area contributed by atoms with Crippen molar-refractivity contribution in [3.63, 3.8) is 0 Å². The minimum Gasteiger partial charge on any atom is -0.478 e. The Bertz CT molecular complexity index is 611. The molecule has 98 valence electrons. The molecule has 0 unspecified atom stereocenters. The number of anilines is 2. The fourth-order valence-corrected chi connectivity index (χ4v) is 1.84. The number of hydrogen-bond acceptors (Lipinski definition) is 2. The standard InChI is InChI=1S/C15H14FNO2/c1-2-10-5-3-6-11(9-10)17-14-12(15(18)19)7-4-8-13(14)16/h3-9,17H,2H2,1H3,(H,18,19). The highest BCUT2D eigenvalue weighted by atomic mass is 19.1. The molecule has 19 heavy (non-hydrogen) atoms.